The van der Waals surface area contributed by atoms with E-state index in [1.54, 1.807) is 7.11 Å². The average Bonchev–Trinajstić information content (AvgIpc) is 3.46. The summed E-state index contributed by atoms with van der Waals surface area (Å²) in [5.74, 6) is 0.493. The van der Waals surface area contributed by atoms with E-state index in [2.05, 4.69) is 57.2 Å². The number of unbranched alkanes of at least 4 members (excludes halogenated alkanes) is 3. The van der Waals surface area contributed by atoms with Crippen molar-refractivity contribution >= 4 is 30.4 Å². The monoisotopic (exact) mass is 506 g/mol. The fourth-order valence-corrected chi connectivity index (χ4v) is 22.8. The van der Waals surface area contributed by atoms with Crippen molar-refractivity contribution < 1.29 is 9.53 Å². The van der Waals surface area contributed by atoms with E-state index in [9.17, 15) is 4.79 Å². The van der Waals surface area contributed by atoms with E-state index in [1.807, 2.05) is 6.07 Å². The predicted molar refractivity (Wildman–Crippen MR) is 128 cm³/mol. The Morgan fingerprint density at radius 3 is 2.07 bits per heavy atom. The SMILES string of the molecule is CCC[CH2][Sn]([CH2]CCC)([CH2]CCC)[CH2][C@@H]1C[C@@]1(/C=C/c1ccccc1)C(=O)OC. The first-order valence-electron chi connectivity index (χ1n) is 11.9. The van der Waals surface area contributed by atoms with E-state index < -0.39 is 18.4 Å². The summed E-state index contributed by atoms with van der Waals surface area (Å²) in [4.78, 5) is 12.8. The van der Waals surface area contributed by atoms with Crippen LogP contribution in [-0.2, 0) is 9.53 Å². The van der Waals surface area contributed by atoms with Crippen LogP contribution in [0.2, 0.25) is 17.7 Å². The number of hydrogen-bond acceptors (Lipinski definition) is 2. The number of esters is 1. The van der Waals surface area contributed by atoms with Gasteiger partial charge in [-0.3, -0.25) is 0 Å². The van der Waals surface area contributed by atoms with Crippen LogP contribution in [0.5, 0.6) is 0 Å². The van der Waals surface area contributed by atoms with Crippen molar-refractivity contribution in [2.24, 2.45) is 11.3 Å². The minimum absolute atomic E-state index is 0.0173. The number of rotatable bonds is 14. The summed E-state index contributed by atoms with van der Waals surface area (Å²) in [5.41, 5.74) is 0.802. The van der Waals surface area contributed by atoms with Crippen LogP contribution in [0.4, 0.5) is 0 Å². The second-order valence-corrected chi connectivity index (χ2v) is 23.2. The molecule has 1 aliphatic carbocycles. The van der Waals surface area contributed by atoms with Crippen molar-refractivity contribution in [3.63, 3.8) is 0 Å². The summed E-state index contributed by atoms with van der Waals surface area (Å²) in [7, 11) is 1.55. The van der Waals surface area contributed by atoms with Crippen molar-refractivity contribution in [1.82, 2.24) is 0 Å². The molecule has 1 aromatic carbocycles. The Hall–Kier alpha value is -0.771. The molecule has 29 heavy (non-hydrogen) atoms. The van der Waals surface area contributed by atoms with E-state index in [0.29, 0.717) is 5.92 Å². The molecule has 0 saturated heterocycles. The Bertz CT molecular complexity index is 618. The van der Waals surface area contributed by atoms with Crippen molar-refractivity contribution in [2.45, 2.75) is 83.5 Å². The van der Waals surface area contributed by atoms with Crippen LogP contribution < -0.4 is 0 Å². The van der Waals surface area contributed by atoms with Crippen LogP contribution in [0.3, 0.4) is 0 Å². The van der Waals surface area contributed by atoms with Crippen LogP contribution in [0.1, 0.15) is 71.3 Å². The topological polar surface area (TPSA) is 26.3 Å². The normalized spacial score (nSPS) is 21.4. The van der Waals surface area contributed by atoms with Crippen LogP contribution >= 0.6 is 0 Å². The van der Waals surface area contributed by atoms with Gasteiger partial charge < -0.3 is 0 Å². The van der Waals surface area contributed by atoms with E-state index in [1.165, 1.54) is 61.8 Å². The molecule has 2 rings (SSSR count). The third-order valence-corrected chi connectivity index (χ3v) is 22.9. The van der Waals surface area contributed by atoms with Gasteiger partial charge in [0.2, 0.25) is 0 Å². The summed E-state index contributed by atoms with van der Waals surface area (Å²) in [5, 5.41) is 0. The fraction of sp³-hybridized carbons (Fsp3) is 0.654. The molecule has 2 atom stereocenters. The molecule has 0 spiro atoms. The number of methoxy groups -OCH3 is 1. The molecule has 1 aromatic rings. The maximum absolute atomic E-state index is 12.8. The molecule has 0 unspecified atom stereocenters. The molecule has 162 valence electrons. The Morgan fingerprint density at radius 1 is 1.03 bits per heavy atom. The van der Waals surface area contributed by atoms with Gasteiger partial charge in [-0.25, -0.2) is 0 Å². The first-order valence-corrected chi connectivity index (χ1v) is 20.0. The van der Waals surface area contributed by atoms with E-state index in [0.717, 1.165) is 6.42 Å². The van der Waals surface area contributed by atoms with Gasteiger partial charge >= 0.3 is 184 Å². The Labute approximate surface area is 183 Å². The molecule has 0 amide bonds. The average molecular weight is 505 g/mol. The molecule has 0 aliphatic heterocycles. The van der Waals surface area contributed by atoms with Crippen molar-refractivity contribution in [1.29, 1.82) is 0 Å². The summed E-state index contributed by atoms with van der Waals surface area (Å²) < 4.78 is 11.2. The van der Waals surface area contributed by atoms with Crippen molar-refractivity contribution in [3.8, 4) is 0 Å². The van der Waals surface area contributed by atoms with Crippen LogP contribution in [-0.4, -0.2) is 31.5 Å². The quantitative estimate of drug-likeness (QED) is 0.191. The first kappa shape index (κ1) is 24.5. The second-order valence-electron chi connectivity index (χ2n) is 9.19. The summed E-state index contributed by atoms with van der Waals surface area (Å²) in [6.07, 6.45) is 13.4. The molecule has 2 nitrogen and oxygen atoms in total. The van der Waals surface area contributed by atoms with Gasteiger partial charge in [-0.2, -0.15) is 0 Å². The summed E-state index contributed by atoms with van der Waals surface area (Å²) in [6.45, 7) is 6.98. The maximum atomic E-state index is 12.8. The molecule has 0 heterocycles. The van der Waals surface area contributed by atoms with Crippen LogP contribution in [0.15, 0.2) is 36.4 Å². The fourth-order valence-electron chi connectivity index (χ4n) is 4.98. The Morgan fingerprint density at radius 2 is 1.59 bits per heavy atom. The third-order valence-electron chi connectivity index (χ3n) is 6.95. The zero-order valence-corrected chi connectivity index (χ0v) is 22.1. The molecular formula is C26H42O2Sn. The number of ether oxygens (including phenoxy) is 1. The van der Waals surface area contributed by atoms with Gasteiger partial charge in [-0.1, -0.05) is 0 Å². The van der Waals surface area contributed by atoms with E-state index in [-0.39, 0.29) is 11.4 Å². The summed E-state index contributed by atoms with van der Waals surface area (Å²) in [6, 6.07) is 10.3. The predicted octanol–water partition coefficient (Wildman–Crippen LogP) is 7.73. The van der Waals surface area contributed by atoms with Gasteiger partial charge in [0.05, 0.1) is 0 Å². The molecular weight excluding hydrogens is 463 g/mol. The molecule has 0 N–H and O–H groups in total. The van der Waals surface area contributed by atoms with E-state index in [4.69, 9.17) is 4.74 Å². The van der Waals surface area contributed by atoms with Gasteiger partial charge in [0.25, 0.3) is 0 Å². The number of carbonyl (C=O) groups is 1. The number of carbonyl (C=O) groups excluding carboxylic acids is 1. The van der Waals surface area contributed by atoms with Crippen molar-refractivity contribution in [2.75, 3.05) is 7.11 Å². The third kappa shape index (κ3) is 6.87. The molecule has 0 radical (unpaired) electrons. The van der Waals surface area contributed by atoms with Crippen LogP contribution in [0, 0.1) is 11.3 Å². The van der Waals surface area contributed by atoms with Gasteiger partial charge in [0.15, 0.2) is 0 Å². The minimum atomic E-state index is -2.25. The molecule has 1 saturated carbocycles. The van der Waals surface area contributed by atoms with Gasteiger partial charge in [-0.15, -0.1) is 0 Å². The van der Waals surface area contributed by atoms with Gasteiger partial charge in [0, 0.05) is 0 Å². The standard InChI is InChI=1S/C14H15O2.3C4H9.Sn/c1-11-10-14(11,13(15)16-2)9-8-12-6-4-3-5-7-12;3*1-3-4-2;/h3-9,11H,1,10H2,2H3;3*1,3-4H2,2H3;/b9-8+;;;;/t11-,14-;;;;/m1..../s1. The van der Waals surface area contributed by atoms with Gasteiger partial charge in [-0.05, 0) is 0 Å². The van der Waals surface area contributed by atoms with Crippen LogP contribution in [0.25, 0.3) is 6.08 Å². The van der Waals surface area contributed by atoms with Gasteiger partial charge in [0.1, 0.15) is 0 Å². The molecule has 1 aliphatic rings. The van der Waals surface area contributed by atoms with E-state index >= 15 is 0 Å². The summed E-state index contributed by atoms with van der Waals surface area (Å²) >= 11 is -2.25. The Kier molecular flexibility index (Phi) is 10.3. The second kappa shape index (κ2) is 12.2. The molecule has 0 bridgehead atoms. The molecule has 3 heteroatoms. The molecule has 0 aromatic heterocycles. The Balaban J connectivity index is 2.21. The number of benzene rings is 1. The van der Waals surface area contributed by atoms with Crippen molar-refractivity contribution in [3.05, 3.63) is 42.0 Å². The first-order chi connectivity index (χ1) is 14.1. The zero-order valence-electron chi connectivity index (χ0n) is 19.2. The number of hydrogen-bond donors (Lipinski definition) is 0. The molecule has 1 fully saturated rings. The zero-order chi connectivity index (χ0) is 21.2.